The van der Waals surface area contributed by atoms with Crippen LogP contribution in [0, 0.1) is 5.92 Å². The number of ether oxygens (including phenoxy) is 2. The minimum atomic E-state index is -4.76. The van der Waals surface area contributed by atoms with Crippen molar-refractivity contribution in [2.24, 2.45) is 13.0 Å². The minimum absolute atomic E-state index is 0.146. The van der Waals surface area contributed by atoms with E-state index in [9.17, 15) is 18.0 Å². The topological polar surface area (TPSA) is 90.3 Å². The number of nitrogens with zero attached hydrogens (tertiary/aromatic N) is 3. The summed E-state index contributed by atoms with van der Waals surface area (Å²) in [6.45, 7) is 2.19. The zero-order valence-corrected chi connectivity index (χ0v) is 20.2. The summed E-state index contributed by atoms with van der Waals surface area (Å²) in [4.78, 5) is 21.7. The number of hydrogen-bond acceptors (Lipinski definition) is 7. The Hall–Kier alpha value is -3.38. The van der Waals surface area contributed by atoms with Gasteiger partial charge >= 0.3 is 6.36 Å². The molecule has 8 nitrogen and oxygen atoms in total. The van der Waals surface area contributed by atoms with Crippen molar-refractivity contribution >= 4 is 49.6 Å². The molecule has 0 atom stereocenters. The first kappa shape index (κ1) is 24.3. The predicted octanol–water partition coefficient (Wildman–Crippen LogP) is 5.37. The Kier molecular flexibility index (Phi) is 6.71. The number of fused-ring (bicyclic) bond motifs is 2. The number of rotatable bonds is 7. The van der Waals surface area contributed by atoms with E-state index in [0.29, 0.717) is 44.8 Å². The van der Waals surface area contributed by atoms with Gasteiger partial charge in [0.2, 0.25) is 5.95 Å². The molecule has 1 fully saturated rings. The molecule has 1 aliphatic heterocycles. The molecule has 2 aromatic carbocycles. The molecular formula is C24H24F3N5O3S. The molecule has 2 N–H and O–H groups in total. The third-order valence-electron chi connectivity index (χ3n) is 6.13. The van der Waals surface area contributed by atoms with Gasteiger partial charge in [-0.05, 0) is 55.5 Å². The monoisotopic (exact) mass is 519 g/mol. The van der Waals surface area contributed by atoms with E-state index in [2.05, 4.69) is 25.3 Å². The number of anilines is 2. The highest BCUT2D eigenvalue weighted by Gasteiger charge is 2.31. The normalized spacial score (nSPS) is 14.9. The van der Waals surface area contributed by atoms with Gasteiger partial charge in [0.25, 0.3) is 5.91 Å². The van der Waals surface area contributed by atoms with Crippen LogP contribution in [0.2, 0.25) is 0 Å². The highest BCUT2D eigenvalue weighted by molar-refractivity contribution is 7.22. The van der Waals surface area contributed by atoms with Gasteiger partial charge in [0.1, 0.15) is 5.75 Å². The molecule has 5 rings (SSSR count). The third-order valence-corrected chi connectivity index (χ3v) is 7.07. The SMILES string of the molecule is Cn1c(Nc2nc3ccc(OC(F)(F)F)cc3s2)nc2cc(C(=O)NCCC3CCOCC3)ccc21. The number of nitrogens with one attached hydrogen (secondary N) is 2. The van der Waals surface area contributed by atoms with Crippen LogP contribution in [0.15, 0.2) is 36.4 Å². The summed E-state index contributed by atoms with van der Waals surface area (Å²) in [6, 6.07) is 9.33. The van der Waals surface area contributed by atoms with Crippen LogP contribution in [-0.4, -0.2) is 46.6 Å². The van der Waals surface area contributed by atoms with Gasteiger partial charge in [0, 0.05) is 38.4 Å². The van der Waals surface area contributed by atoms with Gasteiger partial charge in [-0.1, -0.05) is 11.3 Å². The fourth-order valence-corrected chi connectivity index (χ4v) is 5.12. The average Bonchev–Trinajstić information content (AvgIpc) is 3.38. The van der Waals surface area contributed by atoms with Gasteiger partial charge in [-0.2, -0.15) is 0 Å². The molecule has 0 unspecified atom stereocenters. The Bertz CT molecular complexity index is 1400. The van der Waals surface area contributed by atoms with Crippen LogP contribution in [0.5, 0.6) is 5.75 Å². The fraction of sp³-hybridized carbons (Fsp3) is 0.375. The molecule has 0 aliphatic carbocycles. The summed E-state index contributed by atoms with van der Waals surface area (Å²) in [5.74, 6) is 0.629. The number of benzene rings is 2. The second-order valence-corrected chi connectivity index (χ2v) is 9.65. The van der Waals surface area contributed by atoms with Crippen LogP contribution >= 0.6 is 11.3 Å². The van der Waals surface area contributed by atoms with E-state index in [-0.39, 0.29) is 11.7 Å². The molecule has 0 radical (unpaired) electrons. The third kappa shape index (κ3) is 5.54. The van der Waals surface area contributed by atoms with E-state index in [4.69, 9.17) is 4.74 Å². The summed E-state index contributed by atoms with van der Waals surface area (Å²) >= 11 is 1.18. The van der Waals surface area contributed by atoms with Crippen molar-refractivity contribution in [3.05, 3.63) is 42.0 Å². The van der Waals surface area contributed by atoms with Gasteiger partial charge in [-0.15, -0.1) is 13.2 Å². The van der Waals surface area contributed by atoms with E-state index in [0.717, 1.165) is 38.0 Å². The molecule has 3 heterocycles. The van der Waals surface area contributed by atoms with E-state index in [1.165, 1.54) is 29.5 Å². The lowest BCUT2D eigenvalue weighted by Gasteiger charge is -2.21. The van der Waals surface area contributed by atoms with Crippen LogP contribution in [0.3, 0.4) is 0 Å². The molecule has 1 amide bonds. The number of hydrogen-bond donors (Lipinski definition) is 2. The Morgan fingerprint density at radius 3 is 2.75 bits per heavy atom. The lowest BCUT2D eigenvalue weighted by molar-refractivity contribution is -0.274. The number of carbonyl (C=O) groups excluding carboxylic acids is 1. The Morgan fingerprint density at radius 1 is 1.17 bits per heavy atom. The number of imidazole rings is 1. The highest BCUT2D eigenvalue weighted by atomic mass is 32.1. The Morgan fingerprint density at radius 2 is 1.97 bits per heavy atom. The number of aryl methyl sites for hydroxylation is 1. The van der Waals surface area contributed by atoms with Crippen LogP contribution in [0.25, 0.3) is 21.3 Å². The maximum absolute atomic E-state index is 12.7. The Labute approximate surface area is 208 Å². The molecule has 0 bridgehead atoms. The second kappa shape index (κ2) is 9.94. The van der Waals surface area contributed by atoms with E-state index in [1.54, 1.807) is 12.1 Å². The molecular weight excluding hydrogens is 495 g/mol. The summed E-state index contributed by atoms with van der Waals surface area (Å²) in [5.41, 5.74) is 2.52. The van der Waals surface area contributed by atoms with Crippen LogP contribution < -0.4 is 15.4 Å². The van der Waals surface area contributed by atoms with Gasteiger partial charge in [0.15, 0.2) is 5.13 Å². The lowest BCUT2D eigenvalue weighted by Crippen LogP contribution is -2.27. The fourth-order valence-electron chi connectivity index (χ4n) is 4.23. The standard InChI is InChI=1S/C24H24F3N5O3S/c1-32-19-5-2-15(21(33)28-9-6-14-7-10-34-11-8-14)12-18(19)29-22(32)31-23-30-17-4-3-16(13-20(17)36-23)35-24(25,26)27/h2-5,12-14H,6-11H2,1H3,(H,28,33)(H,29,30,31). The summed E-state index contributed by atoms with van der Waals surface area (Å²) in [6.07, 6.45) is -1.76. The van der Waals surface area contributed by atoms with Gasteiger partial charge in [-0.25, -0.2) is 9.97 Å². The van der Waals surface area contributed by atoms with Crippen molar-refractivity contribution in [1.29, 1.82) is 0 Å². The molecule has 1 aliphatic rings. The van der Waals surface area contributed by atoms with Crippen LogP contribution in [0.1, 0.15) is 29.6 Å². The molecule has 0 spiro atoms. The van der Waals surface area contributed by atoms with Gasteiger partial charge in [-0.3, -0.25) is 4.79 Å². The molecule has 1 saturated heterocycles. The predicted molar refractivity (Wildman–Crippen MR) is 131 cm³/mol. The number of halogens is 3. The minimum Gasteiger partial charge on any atom is -0.406 e. The number of thiazole rings is 1. The largest absolute Gasteiger partial charge is 0.573 e. The van der Waals surface area contributed by atoms with Crippen molar-refractivity contribution in [1.82, 2.24) is 19.9 Å². The first-order valence-electron chi connectivity index (χ1n) is 11.5. The highest BCUT2D eigenvalue weighted by Crippen LogP contribution is 2.33. The van der Waals surface area contributed by atoms with Crippen LogP contribution in [-0.2, 0) is 11.8 Å². The summed E-state index contributed by atoms with van der Waals surface area (Å²) < 4.78 is 49.3. The first-order valence-corrected chi connectivity index (χ1v) is 12.3. The quantitative estimate of drug-likeness (QED) is 0.341. The Balaban J connectivity index is 1.28. The van der Waals surface area contributed by atoms with E-state index < -0.39 is 6.36 Å². The lowest BCUT2D eigenvalue weighted by atomic mass is 9.97. The maximum atomic E-state index is 12.7. The number of aromatic nitrogens is 3. The zero-order chi connectivity index (χ0) is 25.3. The van der Waals surface area contributed by atoms with Crippen molar-refractivity contribution in [3.63, 3.8) is 0 Å². The number of carbonyl (C=O) groups is 1. The van der Waals surface area contributed by atoms with Crippen molar-refractivity contribution < 1.29 is 27.4 Å². The summed E-state index contributed by atoms with van der Waals surface area (Å²) in [7, 11) is 1.83. The zero-order valence-electron chi connectivity index (χ0n) is 19.4. The van der Waals surface area contributed by atoms with Crippen LogP contribution in [0.4, 0.5) is 24.3 Å². The molecule has 4 aromatic rings. The van der Waals surface area contributed by atoms with Gasteiger partial charge in [0.05, 0.1) is 21.3 Å². The van der Waals surface area contributed by atoms with Crippen molar-refractivity contribution in [2.75, 3.05) is 25.1 Å². The number of amides is 1. The van der Waals surface area contributed by atoms with E-state index in [1.807, 2.05) is 17.7 Å². The molecule has 0 saturated carbocycles. The summed E-state index contributed by atoms with van der Waals surface area (Å²) in [5, 5.41) is 6.58. The average molecular weight is 520 g/mol. The first-order chi connectivity index (χ1) is 17.2. The second-order valence-electron chi connectivity index (χ2n) is 8.62. The van der Waals surface area contributed by atoms with Crippen molar-refractivity contribution in [3.8, 4) is 5.75 Å². The maximum Gasteiger partial charge on any atom is 0.573 e. The van der Waals surface area contributed by atoms with E-state index >= 15 is 0 Å². The molecule has 12 heteroatoms. The molecule has 36 heavy (non-hydrogen) atoms. The number of alkyl halides is 3. The van der Waals surface area contributed by atoms with Crippen molar-refractivity contribution in [2.45, 2.75) is 25.6 Å². The van der Waals surface area contributed by atoms with Gasteiger partial charge < -0.3 is 24.7 Å². The smallest absolute Gasteiger partial charge is 0.406 e. The molecule has 2 aromatic heterocycles. The molecule has 190 valence electrons.